The van der Waals surface area contributed by atoms with Gasteiger partial charge in [0.1, 0.15) is 0 Å². The fourth-order valence-electron chi connectivity index (χ4n) is 3.57. The first kappa shape index (κ1) is 31.2. The molecule has 0 saturated heterocycles. The van der Waals surface area contributed by atoms with Crippen LogP contribution < -0.4 is 0 Å². The predicted molar refractivity (Wildman–Crippen MR) is 146 cm³/mol. The molecule has 0 heterocycles. The molecular weight excluding hydrogens is 527 g/mol. The maximum Gasteiger partial charge on any atom is -0.0398 e. The zero-order valence-electron chi connectivity index (χ0n) is 20.6. The van der Waals surface area contributed by atoms with Crippen LogP contribution in [0.2, 0.25) is 13.1 Å². The van der Waals surface area contributed by atoms with Crippen LogP contribution in [0.15, 0.2) is 71.3 Å². The molecule has 1 atom stereocenters. The van der Waals surface area contributed by atoms with Crippen LogP contribution >= 0.6 is 24.8 Å². The Morgan fingerprint density at radius 3 is 2.00 bits per heavy atom. The molecule has 0 radical (unpaired) electrons. The molecule has 1 aliphatic carbocycles. The molecule has 0 nitrogen and oxygen atoms in total. The van der Waals surface area contributed by atoms with Crippen molar-refractivity contribution in [3.05, 3.63) is 88.5 Å². The van der Waals surface area contributed by atoms with Crippen LogP contribution in [0.5, 0.6) is 0 Å². The fraction of sp³-hybridized carbons (Fsp3) is 0.321. The first-order valence-electron chi connectivity index (χ1n) is 10.6. The minimum atomic E-state index is 0. The Morgan fingerprint density at radius 2 is 1.50 bits per heavy atom. The normalized spacial score (nSPS) is 14.3. The monoisotopic (exact) mass is 560 g/mol. The number of hydrogen-bond donors (Lipinski definition) is 0. The Morgan fingerprint density at radius 1 is 0.906 bits per heavy atom. The van der Waals surface area contributed by atoms with E-state index in [9.17, 15) is 0 Å². The van der Waals surface area contributed by atoms with Gasteiger partial charge in [0.25, 0.3) is 0 Å². The van der Waals surface area contributed by atoms with Gasteiger partial charge in [-0.05, 0) is 13.8 Å². The van der Waals surface area contributed by atoms with Crippen LogP contribution in [0.3, 0.4) is 0 Å². The Labute approximate surface area is 223 Å². The summed E-state index contributed by atoms with van der Waals surface area (Å²) in [7, 11) is 0. The molecular formula is C28H36Cl2SiZr. The van der Waals surface area contributed by atoms with E-state index in [2.05, 4.69) is 115 Å². The third-order valence-electron chi connectivity index (χ3n) is 5.60. The molecule has 1 aliphatic rings. The third kappa shape index (κ3) is 8.53. The molecule has 0 amide bonds. The van der Waals surface area contributed by atoms with E-state index in [-0.39, 0.29) is 30.2 Å². The van der Waals surface area contributed by atoms with Crippen LogP contribution in [0.1, 0.15) is 38.8 Å². The van der Waals surface area contributed by atoms with E-state index >= 15 is 0 Å². The molecule has 32 heavy (non-hydrogen) atoms. The molecule has 0 fully saturated rings. The maximum absolute atomic E-state index is 3.36. The van der Waals surface area contributed by atoms with E-state index < -0.39 is 0 Å². The van der Waals surface area contributed by atoms with Gasteiger partial charge in [-0.1, -0.05) is 67.6 Å². The number of fused-ring (bicyclic) bond motifs is 1. The molecule has 1 unspecified atom stereocenters. The third-order valence-corrected chi connectivity index (χ3v) is 5.60. The Balaban J connectivity index is 0.000000547. The first-order valence-corrected chi connectivity index (χ1v) is 16.8. The molecule has 0 aliphatic heterocycles. The quantitative estimate of drug-likeness (QED) is 0.205. The van der Waals surface area contributed by atoms with Crippen molar-refractivity contribution >= 4 is 41.0 Å². The van der Waals surface area contributed by atoms with Crippen molar-refractivity contribution in [2.45, 2.75) is 54.6 Å². The van der Waals surface area contributed by atoms with Gasteiger partial charge in [-0.15, -0.1) is 78.4 Å². The van der Waals surface area contributed by atoms with Gasteiger partial charge >= 0.3 is 41.9 Å². The van der Waals surface area contributed by atoms with Gasteiger partial charge in [0.15, 0.2) is 0 Å². The summed E-state index contributed by atoms with van der Waals surface area (Å²) in [6.45, 7) is 17.6. The van der Waals surface area contributed by atoms with Crippen molar-refractivity contribution in [1.29, 1.82) is 0 Å². The van der Waals surface area contributed by atoms with Crippen molar-refractivity contribution in [2.75, 3.05) is 0 Å². The van der Waals surface area contributed by atoms with E-state index in [1.54, 1.807) is 23.3 Å². The number of allylic oxidation sites excluding steroid dienone is 4. The molecule has 4 rings (SSSR count). The SMILES string of the molecule is CC1=[C-]C(C)C(C)=C1C.C[Si](C)=[Zr+2].Cc1ccc(C)c(-c2c[cH-]c3ccccc23)c1.Cl.Cl. The van der Waals surface area contributed by atoms with E-state index in [1.165, 1.54) is 49.7 Å². The number of rotatable bonds is 1. The minimum Gasteiger partial charge on any atom is -0.150 e. The van der Waals surface area contributed by atoms with Crippen LogP contribution in [0.4, 0.5) is 0 Å². The summed E-state index contributed by atoms with van der Waals surface area (Å²) < 4.78 is 0. The average Bonchev–Trinajstić information content (AvgIpc) is 3.21. The van der Waals surface area contributed by atoms with Crippen LogP contribution in [-0.4, -0.2) is 5.43 Å². The van der Waals surface area contributed by atoms with Crippen LogP contribution in [0.25, 0.3) is 21.9 Å². The van der Waals surface area contributed by atoms with Crippen LogP contribution in [0, 0.1) is 25.8 Å². The Kier molecular flexibility index (Phi) is 14.1. The largest absolute Gasteiger partial charge is 0.150 e. The van der Waals surface area contributed by atoms with E-state index in [0.29, 0.717) is 5.92 Å². The molecule has 0 aromatic heterocycles. The number of benzene rings is 2. The second-order valence-corrected chi connectivity index (χ2v) is 17.8. The topological polar surface area (TPSA) is 0 Å². The van der Waals surface area contributed by atoms with E-state index in [1.807, 2.05) is 0 Å². The summed E-state index contributed by atoms with van der Waals surface area (Å²) >= 11 is 1.74. The Hall–Kier alpha value is -0.790. The number of aryl methyl sites for hydroxylation is 2. The summed E-state index contributed by atoms with van der Waals surface area (Å²) in [4.78, 5) is 0. The molecule has 0 saturated carbocycles. The smallest absolute Gasteiger partial charge is 0.0398 e. The molecule has 3 aromatic rings. The van der Waals surface area contributed by atoms with Crippen molar-refractivity contribution in [3.8, 4) is 11.1 Å². The van der Waals surface area contributed by atoms with E-state index in [4.69, 9.17) is 0 Å². The summed E-state index contributed by atoms with van der Waals surface area (Å²) in [6.07, 6.45) is 3.36. The molecule has 0 N–H and O–H groups in total. The minimum absolute atomic E-state index is 0. The summed E-state index contributed by atoms with van der Waals surface area (Å²) in [6, 6.07) is 19.6. The van der Waals surface area contributed by atoms with Gasteiger partial charge in [-0.3, -0.25) is 6.08 Å². The molecule has 0 spiro atoms. The first-order chi connectivity index (χ1) is 14.1. The molecule has 4 heteroatoms. The molecule has 170 valence electrons. The number of halogens is 2. The molecule has 0 bridgehead atoms. The van der Waals surface area contributed by atoms with Gasteiger partial charge < -0.3 is 0 Å². The summed E-state index contributed by atoms with van der Waals surface area (Å²) in [5, 5.41) is 2.67. The van der Waals surface area contributed by atoms with Gasteiger partial charge in [0.2, 0.25) is 0 Å². The second kappa shape index (κ2) is 14.5. The summed E-state index contributed by atoms with van der Waals surface area (Å²) in [5.41, 5.74) is 9.81. The van der Waals surface area contributed by atoms with Crippen molar-refractivity contribution in [2.24, 2.45) is 5.92 Å². The average molecular weight is 563 g/mol. The predicted octanol–water partition coefficient (Wildman–Crippen LogP) is 9.19. The standard InChI is InChI=1S/C17H15.C9H13.C2H6Si.2ClH.Zr/c1-12-7-8-13(2)17(11-12)16-10-9-14-5-3-4-6-15(14)16;1-6-5-7(2)9(4)8(6)3;1-3-2;;;/h3-11H,1-2H3;6H,1-4H3;1-2H3;2*1H;/q2*-1;;;;+2. The zero-order valence-corrected chi connectivity index (χ0v) is 25.7. The van der Waals surface area contributed by atoms with Crippen molar-refractivity contribution in [1.82, 2.24) is 0 Å². The molecule has 3 aromatic carbocycles. The summed E-state index contributed by atoms with van der Waals surface area (Å²) in [5.74, 6) is 0.560. The van der Waals surface area contributed by atoms with E-state index in [0.717, 1.165) is 0 Å². The van der Waals surface area contributed by atoms with Crippen molar-refractivity contribution in [3.63, 3.8) is 0 Å². The van der Waals surface area contributed by atoms with Gasteiger partial charge in [0, 0.05) is 0 Å². The zero-order chi connectivity index (χ0) is 22.4. The van der Waals surface area contributed by atoms with Gasteiger partial charge in [0.05, 0.1) is 0 Å². The van der Waals surface area contributed by atoms with Gasteiger partial charge in [-0.2, -0.15) is 11.1 Å². The van der Waals surface area contributed by atoms with Gasteiger partial charge in [-0.25, -0.2) is 5.57 Å². The Bertz CT molecular complexity index is 1100. The van der Waals surface area contributed by atoms with Crippen molar-refractivity contribution < 1.29 is 23.3 Å². The van der Waals surface area contributed by atoms with Crippen LogP contribution in [-0.2, 0) is 23.3 Å². The second-order valence-electron chi connectivity index (χ2n) is 8.45. The fourth-order valence-corrected chi connectivity index (χ4v) is 3.57. The number of hydrogen-bond acceptors (Lipinski definition) is 0. The maximum atomic E-state index is 3.36.